The number of hydrogen-bond acceptors (Lipinski definition) is 2. The highest BCUT2D eigenvalue weighted by Gasteiger charge is 2.58. The van der Waals surface area contributed by atoms with E-state index in [2.05, 4.69) is 12.1 Å². The van der Waals surface area contributed by atoms with Crippen LogP contribution in [0.5, 0.6) is 0 Å². The first kappa shape index (κ1) is 8.18. The van der Waals surface area contributed by atoms with Crippen LogP contribution in [0.3, 0.4) is 0 Å². The Morgan fingerprint density at radius 1 is 1.29 bits per heavy atom. The lowest BCUT2D eigenvalue weighted by Gasteiger charge is -2.41. The molecule has 2 fully saturated rings. The third-order valence-corrected chi connectivity index (χ3v) is 3.54. The Kier molecular flexibility index (Phi) is 1.56. The molecule has 14 heavy (non-hydrogen) atoms. The molecule has 72 valence electrons. The maximum absolute atomic E-state index is 11.4. The predicted octanol–water partition coefficient (Wildman–Crippen LogP) is 1.54. The molecular weight excluding hydrogens is 176 g/mol. The molecule has 1 aromatic carbocycles. The third-order valence-electron chi connectivity index (χ3n) is 3.54. The van der Waals surface area contributed by atoms with Gasteiger partial charge in [0.05, 0.1) is 19.1 Å². The standard InChI is InChI=1S/C12H12O2/c13-11-6-12(8-14-7-10(11)12)9-4-2-1-3-5-9/h1-5,10H,6-8H2/t10-,12-/m1/s1. The fraction of sp³-hybridized carbons (Fsp3) is 0.417. The number of carbonyl (C=O) groups excluding carboxylic acids is 1. The summed E-state index contributed by atoms with van der Waals surface area (Å²) in [6.07, 6.45) is 0.668. The lowest BCUT2D eigenvalue weighted by atomic mass is 9.58. The van der Waals surface area contributed by atoms with Crippen LogP contribution in [0.25, 0.3) is 0 Å². The van der Waals surface area contributed by atoms with Crippen LogP contribution >= 0.6 is 0 Å². The largest absolute Gasteiger partial charge is 0.380 e. The summed E-state index contributed by atoms with van der Waals surface area (Å²) in [5, 5.41) is 0. The Morgan fingerprint density at radius 2 is 2.07 bits per heavy atom. The molecule has 1 saturated heterocycles. The zero-order valence-electron chi connectivity index (χ0n) is 7.90. The second-order valence-electron chi connectivity index (χ2n) is 4.23. The quantitative estimate of drug-likeness (QED) is 0.668. The van der Waals surface area contributed by atoms with Crippen molar-refractivity contribution in [3.05, 3.63) is 35.9 Å². The molecule has 0 N–H and O–H groups in total. The second-order valence-corrected chi connectivity index (χ2v) is 4.23. The lowest BCUT2D eigenvalue weighted by molar-refractivity contribution is -0.133. The Morgan fingerprint density at radius 3 is 2.79 bits per heavy atom. The van der Waals surface area contributed by atoms with Crippen molar-refractivity contribution in [2.75, 3.05) is 13.2 Å². The molecule has 3 rings (SSSR count). The first-order chi connectivity index (χ1) is 6.83. The van der Waals surface area contributed by atoms with Crippen molar-refractivity contribution in [3.8, 4) is 0 Å². The van der Waals surface area contributed by atoms with Gasteiger partial charge in [0.1, 0.15) is 5.78 Å². The summed E-state index contributed by atoms with van der Waals surface area (Å²) in [4.78, 5) is 11.4. The highest BCUT2D eigenvalue weighted by Crippen LogP contribution is 2.50. The van der Waals surface area contributed by atoms with Gasteiger partial charge in [-0.2, -0.15) is 0 Å². The van der Waals surface area contributed by atoms with Crippen molar-refractivity contribution in [3.63, 3.8) is 0 Å². The minimum atomic E-state index is 0.0261. The molecule has 0 aromatic heterocycles. The molecule has 1 heterocycles. The number of hydrogen-bond donors (Lipinski definition) is 0. The smallest absolute Gasteiger partial charge is 0.140 e. The molecule has 1 aliphatic heterocycles. The SMILES string of the molecule is O=C1C[C@]2(c3ccccc3)COC[C@H]12. The summed E-state index contributed by atoms with van der Waals surface area (Å²) in [5.74, 6) is 0.497. The minimum absolute atomic E-state index is 0.0261. The molecule has 0 radical (unpaired) electrons. The van der Waals surface area contributed by atoms with E-state index in [-0.39, 0.29) is 11.3 Å². The number of rotatable bonds is 1. The molecule has 0 spiro atoms. The van der Waals surface area contributed by atoms with Gasteiger partial charge in [-0.15, -0.1) is 0 Å². The van der Waals surface area contributed by atoms with Crippen LogP contribution in [0.2, 0.25) is 0 Å². The van der Waals surface area contributed by atoms with Gasteiger partial charge in [-0.1, -0.05) is 30.3 Å². The van der Waals surface area contributed by atoms with E-state index in [0.717, 1.165) is 0 Å². The number of carbonyl (C=O) groups is 1. The average molecular weight is 188 g/mol. The normalized spacial score (nSPS) is 35.1. The van der Waals surface area contributed by atoms with E-state index in [9.17, 15) is 4.79 Å². The zero-order valence-corrected chi connectivity index (χ0v) is 7.90. The molecule has 1 aromatic rings. The van der Waals surface area contributed by atoms with Gasteiger partial charge in [-0.05, 0) is 5.56 Å². The summed E-state index contributed by atoms with van der Waals surface area (Å²) in [6.45, 7) is 1.33. The maximum Gasteiger partial charge on any atom is 0.140 e. The molecule has 1 aliphatic carbocycles. The molecule has 2 heteroatoms. The van der Waals surface area contributed by atoms with Crippen molar-refractivity contribution in [2.45, 2.75) is 11.8 Å². The van der Waals surface area contributed by atoms with Gasteiger partial charge in [0.25, 0.3) is 0 Å². The summed E-state index contributed by atoms with van der Waals surface area (Å²) >= 11 is 0. The Hall–Kier alpha value is -1.15. The van der Waals surface area contributed by atoms with Crippen molar-refractivity contribution < 1.29 is 9.53 Å². The minimum Gasteiger partial charge on any atom is -0.380 e. The molecule has 1 saturated carbocycles. The number of benzene rings is 1. The van der Waals surface area contributed by atoms with Gasteiger partial charge < -0.3 is 4.74 Å². The zero-order chi connectivity index (χ0) is 9.60. The summed E-state index contributed by atoms with van der Waals surface area (Å²) in [6, 6.07) is 10.3. The summed E-state index contributed by atoms with van der Waals surface area (Å²) < 4.78 is 5.44. The number of Topliss-reactive ketones (excluding diaryl/α,β-unsaturated/α-hetero) is 1. The maximum atomic E-state index is 11.4. The van der Waals surface area contributed by atoms with Gasteiger partial charge in [0.2, 0.25) is 0 Å². The third kappa shape index (κ3) is 0.867. The van der Waals surface area contributed by atoms with Gasteiger partial charge in [-0.25, -0.2) is 0 Å². The van der Waals surface area contributed by atoms with E-state index < -0.39 is 0 Å². The Bertz CT molecular complexity index is 371. The van der Waals surface area contributed by atoms with E-state index in [1.165, 1.54) is 5.56 Å². The summed E-state index contributed by atoms with van der Waals surface area (Å²) in [5.41, 5.74) is 1.29. The highest BCUT2D eigenvalue weighted by molar-refractivity contribution is 5.92. The van der Waals surface area contributed by atoms with Crippen molar-refractivity contribution >= 4 is 5.78 Å². The molecule has 0 unspecified atom stereocenters. The Labute approximate surface area is 82.9 Å². The van der Waals surface area contributed by atoms with Crippen LogP contribution in [-0.2, 0) is 14.9 Å². The fourth-order valence-electron chi connectivity index (χ4n) is 2.65. The number of fused-ring (bicyclic) bond motifs is 1. The molecular formula is C12H12O2. The van der Waals surface area contributed by atoms with E-state index in [0.29, 0.717) is 25.4 Å². The van der Waals surface area contributed by atoms with Crippen LogP contribution in [0.4, 0.5) is 0 Å². The molecule has 0 bridgehead atoms. The molecule has 2 aliphatic rings. The van der Waals surface area contributed by atoms with Gasteiger partial charge in [-0.3, -0.25) is 4.79 Å². The highest BCUT2D eigenvalue weighted by atomic mass is 16.5. The summed E-state index contributed by atoms with van der Waals surface area (Å²) in [7, 11) is 0. The fourth-order valence-corrected chi connectivity index (χ4v) is 2.65. The number of ketones is 1. The van der Waals surface area contributed by atoms with Gasteiger partial charge in [0, 0.05) is 11.8 Å². The van der Waals surface area contributed by atoms with Crippen molar-refractivity contribution in [1.29, 1.82) is 0 Å². The second kappa shape index (κ2) is 2.67. The lowest BCUT2D eigenvalue weighted by Crippen LogP contribution is -2.51. The van der Waals surface area contributed by atoms with Crippen LogP contribution in [0.1, 0.15) is 12.0 Å². The van der Waals surface area contributed by atoms with E-state index in [4.69, 9.17) is 4.74 Å². The monoisotopic (exact) mass is 188 g/mol. The van der Waals surface area contributed by atoms with Crippen LogP contribution in [0, 0.1) is 5.92 Å². The average Bonchev–Trinajstić information content (AvgIpc) is 2.57. The molecule has 2 nitrogen and oxygen atoms in total. The van der Waals surface area contributed by atoms with E-state index in [1.54, 1.807) is 0 Å². The number of ether oxygens (including phenoxy) is 1. The van der Waals surface area contributed by atoms with E-state index >= 15 is 0 Å². The predicted molar refractivity (Wildman–Crippen MR) is 52.1 cm³/mol. The van der Waals surface area contributed by atoms with Gasteiger partial charge >= 0.3 is 0 Å². The van der Waals surface area contributed by atoms with Gasteiger partial charge in [0.15, 0.2) is 0 Å². The first-order valence-corrected chi connectivity index (χ1v) is 4.99. The van der Waals surface area contributed by atoms with Crippen LogP contribution in [0.15, 0.2) is 30.3 Å². The first-order valence-electron chi connectivity index (χ1n) is 4.99. The molecule has 2 atom stereocenters. The van der Waals surface area contributed by atoms with Crippen molar-refractivity contribution in [1.82, 2.24) is 0 Å². The van der Waals surface area contributed by atoms with E-state index in [1.807, 2.05) is 18.2 Å². The van der Waals surface area contributed by atoms with Crippen LogP contribution < -0.4 is 0 Å². The Balaban J connectivity index is 2.02. The van der Waals surface area contributed by atoms with Crippen molar-refractivity contribution in [2.24, 2.45) is 5.92 Å². The topological polar surface area (TPSA) is 26.3 Å². The molecule has 0 amide bonds. The van der Waals surface area contributed by atoms with Crippen LogP contribution in [-0.4, -0.2) is 19.0 Å².